The van der Waals surface area contributed by atoms with Crippen LogP contribution in [-0.4, -0.2) is 29.1 Å². The molecule has 3 nitrogen and oxygen atoms in total. The molecule has 0 aliphatic carbocycles. The number of carboxylic acids is 1. The highest BCUT2D eigenvalue weighted by atomic mass is 35.5. The highest BCUT2D eigenvalue weighted by Gasteiger charge is 2.22. The van der Waals surface area contributed by atoms with E-state index in [1.165, 1.54) is 0 Å². The van der Waals surface area contributed by atoms with E-state index in [1.54, 1.807) is 13.0 Å². The molecule has 1 rings (SSSR count). The quantitative estimate of drug-likeness (QED) is 0.860. The van der Waals surface area contributed by atoms with E-state index >= 15 is 0 Å². The van der Waals surface area contributed by atoms with E-state index in [0.29, 0.717) is 16.6 Å². The Morgan fingerprint density at radius 1 is 1.37 bits per heavy atom. The Kier molecular flexibility index (Phi) is 6.11. The van der Waals surface area contributed by atoms with Gasteiger partial charge in [-0.2, -0.15) is 0 Å². The minimum Gasteiger partial charge on any atom is -0.481 e. The molecule has 19 heavy (non-hydrogen) atoms. The molecule has 0 radical (unpaired) electrons. The number of carboxylic acid groups (broad SMARTS) is 1. The summed E-state index contributed by atoms with van der Waals surface area (Å²) in [5.74, 6) is -1.21. The van der Waals surface area contributed by atoms with Gasteiger partial charge in [-0.3, -0.25) is 9.69 Å². The smallest absolute Gasteiger partial charge is 0.307 e. The van der Waals surface area contributed by atoms with Gasteiger partial charge in [-0.15, -0.1) is 0 Å². The SMILES string of the molecule is CCN(CC(C)C(=O)O)C(C)c1cccc(Cl)c1Cl. The second-order valence-corrected chi connectivity index (χ2v) is 5.43. The van der Waals surface area contributed by atoms with Crippen molar-refractivity contribution in [1.29, 1.82) is 0 Å². The molecule has 0 saturated carbocycles. The lowest BCUT2D eigenvalue weighted by Crippen LogP contribution is -2.34. The third-order valence-electron chi connectivity index (χ3n) is 3.32. The van der Waals surface area contributed by atoms with Crippen LogP contribution in [0.2, 0.25) is 10.0 Å². The first-order valence-electron chi connectivity index (χ1n) is 6.29. The van der Waals surface area contributed by atoms with Crippen molar-refractivity contribution in [2.24, 2.45) is 5.92 Å². The summed E-state index contributed by atoms with van der Waals surface area (Å²) in [7, 11) is 0. The largest absolute Gasteiger partial charge is 0.481 e. The summed E-state index contributed by atoms with van der Waals surface area (Å²) in [6.07, 6.45) is 0. The Bertz CT molecular complexity index is 451. The Labute approximate surface area is 124 Å². The summed E-state index contributed by atoms with van der Waals surface area (Å²) in [5, 5.41) is 10.1. The van der Waals surface area contributed by atoms with Crippen LogP contribution in [0, 0.1) is 5.92 Å². The van der Waals surface area contributed by atoms with Gasteiger partial charge in [0.25, 0.3) is 0 Å². The Morgan fingerprint density at radius 2 is 2.00 bits per heavy atom. The number of aliphatic carboxylic acids is 1. The molecule has 2 atom stereocenters. The van der Waals surface area contributed by atoms with Gasteiger partial charge in [0.05, 0.1) is 16.0 Å². The van der Waals surface area contributed by atoms with Crippen molar-refractivity contribution in [1.82, 2.24) is 4.90 Å². The molecule has 0 aromatic heterocycles. The molecular weight excluding hydrogens is 285 g/mol. The number of benzene rings is 1. The predicted octanol–water partition coefficient (Wildman–Crippen LogP) is 4.10. The van der Waals surface area contributed by atoms with Gasteiger partial charge in [0, 0.05) is 12.6 Å². The lowest BCUT2D eigenvalue weighted by atomic mass is 10.0. The zero-order valence-electron chi connectivity index (χ0n) is 11.4. The minimum atomic E-state index is -0.789. The number of hydrogen-bond donors (Lipinski definition) is 1. The summed E-state index contributed by atoms with van der Waals surface area (Å²) in [6, 6.07) is 5.55. The maximum absolute atomic E-state index is 11.0. The molecule has 0 amide bonds. The fraction of sp³-hybridized carbons (Fsp3) is 0.500. The van der Waals surface area contributed by atoms with Crippen LogP contribution < -0.4 is 0 Å². The molecule has 106 valence electrons. The number of halogens is 2. The van der Waals surface area contributed by atoms with Crippen molar-refractivity contribution in [2.45, 2.75) is 26.8 Å². The monoisotopic (exact) mass is 303 g/mol. The van der Waals surface area contributed by atoms with Crippen molar-refractivity contribution in [2.75, 3.05) is 13.1 Å². The van der Waals surface area contributed by atoms with Crippen LogP contribution in [0.4, 0.5) is 0 Å². The Balaban J connectivity index is 2.92. The van der Waals surface area contributed by atoms with Gasteiger partial charge in [-0.1, -0.05) is 49.2 Å². The Morgan fingerprint density at radius 3 is 2.53 bits per heavy atom. The molecular formula is C14H19Cl2NO2. The van der Waals surface area contributed by atoms with Gasteiger partial charge in [0.1, 0.15) is 0 Å². The number of rotatable bonds is 6. The van der Waals surface area contributed by atoms with Crippen LogP contribution in [-0.2, 0) is 4.79 Å². The van der Waals surface area contributed by atoms with Crippen molar-refractivity contribution in [3.8, 4) is 0 Å². The zero-order chi connectivity index (χ0) is 14.6. The average Bonchev–Trinajstić information content (AvgIpc) is 2.38. The van der Waals surface area contributed by atoms with Gasteiger partial charge < -0.3 is 5.11 Å². The van der Waals surface area contributed by atoms with Gasteiger partial charge in [-0.25, -0.2) is 0 Å². The van der Waals surface area contributed by atoms with Crippen molar-refractivity contribution < 1.29 is 9.90 Å². The van der Waals surface area contributed by atoms with E-state index in [2.05, 4.69) is 4.90 Å². The predicted molar refractivity (Wildman–Crippen MR) is 78.9 cm³/mol. The number of hydrogen-bond acceptors (Lipinski definition) is 2. The van der Waals surface area contributed by atoms with Crippen LogP contribution >= 0.6 is 23.2 Å². The van der Waals surface area contributed by atoms with E-state index < -0.39 is 11.9 Å². The second-order valence-electron chi connectivity index (χ2n) is 4.65. The third-order valence-corrected chi connectivity index (χ3v) is 4.15. The molecule has 5 heteroatoms. The summed E-state index contributed by atoms with van der Waals surface area (Å²) in [4.78, 5) is 13.0. The molecule has 0 spiro atoms. The van der Waals surface area contributed by atoms with E-state index in [9.17, 15) is 4.79 Å². The first-order chi connectivity index (χ1) is 8.88. The van der Waals surface area contributed by atoms with E-state index in [-0.39, 0.29) is 6.04 Å². The standard InChI is InChI=1S/C14H19Cl2NO2/c1-4-17(8-9(2)14(18)19)10(3)11-6-5-7-12(15)13(11)16/h5-7,9-10H,4,8H2,1-3H3,(H,18,19). The normalized spacial score (nSPS) is 14.4. The van der Waals surface area contributed by atoms with E-state index in [4.69, 9.17) is 28.3 Å². The molecule has 0 aliphatic rings. The molecule has 2 unspecified atom stereocenters. The van der Waals surface area contributed by atoms with Gasteiger partial charge in [-0.05, 0) is 25.1 Å². The van der Waals surface area contributed by atoms with Gasteiger partial charge in [0.2, 0.25) is 0 Å². The van der Waals surface area contributed by atoms with Crippen molar-refractivity contribution >= 4 is 29.2 Å². The highest BCUT2D eigenvalue weighted by Crippen LogP contribution is 2.32. The maximum atomic E-state index is 11.0. The lowest BCUT2D eigenvalue weighted by molar-refractivity contribution is -0.141. The lowest BCUT2D eigenvalue weighted by Gasteiger charge is -2.30. The zero-order valence-corrected chi connectivity index (χ0v) is 12.9. The molecule has 0 saturated heterocycles. The molecule has 1 aromatic rings. The fourth-order valence-corrected chi connectivity index (χ4v) is 2.50. The van der Waals surface area contributed by atoms with Crippen LogP contribution in [0.1, 0.15) is 32.4 Å². The molecule has 0 fully saturated rings. The van der Waals surface area contributed by atoms with Crippen LogP contribution in [0.3, 0.4) is 0 Å². The highest BCUT2D eigenvalue weighted by molar-refractivity contribution is 6.42. The van der Waals surface area contributed by atoms with Crippen molar-refractivity contribution in [3.05, 3.63) is 33.8 Å². The van der Waals surface area contributed by atoms with Gasteiger partial charge in [0.15, 0.2) is 0 Å². The minimum absolute atomic E-state index is 0.0259. The van der Waals surface area contributed by atoms with Crippen LogP contribution in [0.5, 0.6) is 0 Å². The topological polar surface area (TPSA) is 40.5 Å². The first kappa shape index (κ1) is 16.3. The molecule has 0 bridgehead atoms. The fourth-order valence-electron chi connectivity index (χ4n) is 2.03. The molecule has 0 aliphatic heterocycles. The first-order valence-corrected chi connectivity index (χ1v) is 7.04. The summed E-state index contributed by atoms with van der Waals surface area (Å²) in [6.45, 7) is 6.95. The molecule has 1 N–H and O–H groups in total. The van der Waals surface area contributed by atoms with Crippen LogP contribution in [0.25, 0.3) is 0 Å². The second kappa shape index (κ2) is 7.13. The van der Waals surface area contributed by atoms with E-state index in [0.717, 1.165) is 12.1 Å². The van der Waals surface area contributed by atoms with E-state index in [1.807, 2.05) is 26.0 Å². The van der Waals surface area contributed by atoms with Gasteiger partial charge >= 0.3 is 5.97 Å². The summed E-state index contributed by atoms with van der Waals surface area (Å²) < 4.78 is 0. The number of carbonyl (C=O) groups is 1. The average molecular weight is 304 g/mol. The molecule has 1 aromatic carbocycles. The summed E-state index contributed by atoms with van der Waals surface area (Å²) in [5.41, 5.74) is 0.925. The Hall–Kier alpha value is -0.770. The number of nitrogens with zero attached hydrogens (tertiary/aromatic N) is 1. The van der Waals surface area contributed by atoms with Crippen LogP contribution in [0.15, 0.2) is 18.2 Å². The maximum Gasteiger partial charge on any atom is 0.307 e. The third kappa shape index (κ3) is 4.10. The molecule has 0 heterocycles. The summed E-state index contributed by atoms with van der Waals surface area (Å²) >= 11 is 12.2. The van der Waals surface area contributed by atoms with Crippen molar-refractivity contribution in [3.63, 3.8) is 0 Å².